The second-order valence-electron chi connectivity index (χ2n) is 4.67. The van der Waals surface area contributed by atoms with Crippen molar-refractivity contribution >= 4 is 23.0 Å². The van der Waals surface area contributed by atoms with E-state index in [-0.39, 0.29) is 18.1 Å². The molecule has 0 atom stereocenters. The number of carbonyl (C=O) groups excluding carboxylic acids is 1. The van der Waals surface area contributed by atoms with Crippen molar-refractivity contribution in [1.82, 2.24) is 5.32 Å². The van der Waals surface area contributed by atoms with Crippen LogP contribution in [0.25, 0.3) is 0 Å². The highest BCUT2D eigenvalue weighted by Gasteiger charge is 2.22. The number of nitro groups is 1. The molecule has 0 radical (unpaired) electrons. The molecular formula is C14H22N4O3. The van der Waals surface area contributed by atoms with Crippen molar-refractivity contribution in [3.05, 3.63) is 28.3 Å². The molecular weight excluding hydrogens is 272 g/mol. The molecule has 0 saturated heterocycles. The number of carbonyl (C=O) groups is 1. The summed E-state index contributed by atoms with van der Waals surface area (Å²) in [7, 11) is 1.67. The number of para-hydroxylation sites is 1. The van der Waals surface area contributed by atoms with Gasteiger partial charge in [-0.2, -0.15) is 0 Å². The molecule has 0 fully saturated rings. The van der Waals surface area contributed by atoms with Crippen molar-refractivity contribution < 1.29 is 9.72 Å². The Balaban J connectivity index is 3.04. The summed E-state index contributed by atoms with van der Waals surface area (Å²) in [4.78, 5) is 24.2. The van der Waals surface area contributed by atoms with Crippen LogP contribution >= 0.6 is 0 Å². The van der Waals surface area contributed by atoms with Crippen molar-refractivity contribution in [2.75, 3.05) is 36.9 Å². The first-order chi connectivity index (χ1) is 10.0. The van der Waals surface area contributed by atoms with Gasteiger partial charge in [0.25, 0.3) is 0 Å². The van der Waals surface area contributed by atoms with Crippen LogP contribution in [0, 0.1) is 10.1 Å². The number of benzene rings is 1. The van der Waals surface area contributed by atoms with Crippen molar-refractivity contribution in [1.29, 1.82) is 0 Å². The van der Waals surface area contributed by atoms with E-state index in [4.69, 9.17) is 0 Å². The van der Waals surface area contributed by atoms with Gasteiger partial charge in [0.2, 0.25) is 5.91 Å². The zero-order valence-electron chi connectivity index (χ0n) is 12.7. The second kappa shape index (κ2) is 8.08. The van der Waals surface area contributed by atoms with Crippen LogP contribution in [0.5, 0.6) is 0 Å². The number of rotatable bonds is 8. The lowest BCUT2D eigenvalue weighted by Gasteiger charge is -2.19. The van der Waals surface area contributed by atoms with E-state index in [2.05, 4.69) is 10.6 Å². The van der Waals surface area contributed by atoms with Gasteiger partial charge >= 0.3 is 5.69 Å². The monoisotopic (exact) mass is 294 g/mol. The van der Waals surface area contributed by atoms with Crippen LogP contribution in [0.3, 0.4) is 0 Å². The van der Waals surface area contributed by atoms with Gasteiger partial charge in [-0.1, -0.05) is 13.0 Å². The van der Waals surface area contributed by atoms with E-state index in [1.807, 2.05) is 13.8 Å². The Labute approximate surface area is 124 Å². The highest BCUT2D eigenvalue weighted by molar-refractivity contribution is 5.84. The van der Waals surface area contributed by atoms with Gasteiger partial charge in [-0.05, 0) is 25.5 Å². The summed E-state index contributed by atoms with van der Waals surface area (Å²) in [6.07, 6.45) is 0.871. The minimum atomic E-state index is -0.415. The standard InChI is InChI=1S/C14H22N4O3/c1-4-9-16-11-7-6-8-12(14(11)18(20)21)17(3)10-13(19)15-5-2/h6-8,16H,4-5,9-10H2,1-3H3,(H,15,19). The van der Waals surface area contributed by atoms with Crippen LogP contribution in [0.15, 0.2) is 18.2 Å². The van der Waals surface area contributed by atoms with Crippen molar-refractivity contribution in [3.63, 3.8) is 0 Å². The molecule has 0 aliphatic carbocycles. The normalized spacial score (nSPS) is 10.0. The largest absolute Gasteiger partial charge is 0.379 e. The SMILES string of the molecule is CCCNc1cccc(N(C)CC(=O)NCC)c1[N+](=O)[O-]. The van der Waals surface area contributed by atoms with E-state index in [0.29, 0.717) is 24.5 Å². The van der Waals surface area contributed by atoms with Gasteiger partial charge in [-0.15, -0.1) is 0 Å². The van der Waals surface area contributed by atoms with Crippen LogP contribution in [0.2, 0.25) is 0 Å². The molecule has 7 heteroatoms. The number of nitrogens with zero attached hydrogens (tertiary/aromatic N) is 2. The molecule has 0 saturated carbocycles. The van der Waals surface area contributed by atoms with Crippen LogP contribution < -0.4 is 15.5 Å². The first-order valence-electron chi connectivity index (χ1n) is 7.00. The maximum absolute atomic E-state index is 11.6. The number of anilines is 2. The van der Waals surface area contributed by atoms with E-state index in [9.17, 15) is 14.9 Å². The van der Waals surface area contributed by atoms with Gasteiger partial charge < -0.3 is 15.5 Å². The predicted octanol–water partition coefficient (Wildman–Crippen LogP) is 1.99. The van der Waals surface area contributed by atoms with Gasteiger partial charge in [0, 0.05) is 20.1 Å². The summed E-state index contributed by atoms with van der Waals surface area (Å²) in [5, 5.41) is 17.1. The first-order valence-corrected chi connectivity index (χ1v) is 7.00. The molecule has 0 aliphatic heterocycles. The molecule has 0 spiro atoms. The fourth-order valence-corrected chi connectivity index (χ4v) is 1.99. The first kappa shape index (κ1) is 16.7. The molecule has 7 nitrogen and oxygen atoms in total. The molecule has 2 N–H and O–H groups in total. The number of amides is 1. The van der Waals surface area contributed by atoms with Gasteiger partial charge in [0.05, 0.1) is 11.5 Å². The molecule has 0 heterocycles. The third-order valence-corrected chi connectivity index (χ3v) is 2.93. The number of nitrogens with one attached hydrogen (secondary N) is 2. The molecule has 1 amide bonds. The summed E-state index contributed by atoms with van der Waals surface area (Å²) in [5.74, 6) is -0.166. The quantitative estimate of drug-likeness (QED) is 0.565. The Kier molecular flexibility index (Phi) is 6.45. The van der Waals surface area contributed by atoms with Gasteiger partial charge in [0.15, 0.2) is 0 Å². The third-order valence-electron chi connectivity index (χ3n) is 2.93. The average Bonchev–Trinajstić information content (AvgIpc) is 2.44. The van der Waals surface area contributed by atoms with Crippen LogP contribution in [0.4, 0.5) is 17.1 Å². The number of hydrogen-bond acceptors (Lipinski definition) is 5. The smallest absolute Gasteiger partial charge is 0.315 e. The fraction of sp³-hybridized carbons (Fsp3) is 0.500. The molecule has 1 aromatic rings. The Morgan fingerprint density at radius 1 is 1.38 bits per heavy atom. The van der Waals surface area contributed by atoms with E-state index < -0.39 is 4.92 Å². The minimum absolute atomic E-state index is 0.00208. The van der Waals surface area contributed by atoms with Gasteiger partial charge in [-0.25, -0.2) is 0 Å². The molecule has 116 valence electrons. The molecule has 1 aromatic carbocycles. The van der Waals surface area contributed by atoms with E-state index in [0.717, 1.165) is 6.42 Å². The van der Waals surface area contributed by atoms with Crippen LogP contribution in [-0.2, 0) is 4.79 Å². The summed E-state index contributed by atoms with van der Waals surface area (Å²) in [6.45, 7) is 5.09. The molecule has 0 aliphatic rings. The van der Waals surface area contributed by atoms with E-state index in [1.165, 1.54) is 0 Å². The Morgan fingerprint density at radius 3 is 2.67 bits per heavy atom. The second-order valence-corrected chi connectivity index (χ2v) is 4.67. The lowest BCUT2D eigenvalue weighted by atomic mass is 10.2. The Hall–Kier alpha value is -2.31. The summed E-state index contributed by atoms with van der Waals surface area (Å²) < 4.78 is 0. The zero-order valence-corrected chi connectivity index (χ0v) is 12.7. The Bertz CT molecular complexity index is 505. The van der Waals surface area contributed by atoms with Crippen LogP contribution in [-0.4, -0.2) is 37.5 Å². The van der Waals surface area contributed by atoms with Gasteiger partial charge in [-0.3, -0.25) is 14.9 Å². The lowest BCUT2D eigenvalue weighted by Crippen LogP contribution is -2.35. The van der Waals surface area contributed by atoms with Gasteiger partial charge in [0.1, 0.15) is 11.4 Å². The highest BCUT2D eigenvalue weighted by Crippen LogP contribution is 2.34. The third kappa shape index (κ3) is 4.62. The molecule has 21 heavy (non-hydrogen) atoms. The van der Waals surface area contributed by atoms with Crippen molar-refractivity contribution in [2.24, 2.45) is 0 Å². The molecule has 0 unspecified atom stereocenters. The van der Waals surface area contributed by atoms with Crippen molar-refractivity contribution in [3.8, 4) is 0 Å². The minimum Gasteiger partial charge on any atom is -0.379 e. The predicted molar refractivity (Wildman–Crippen MR) is 83.8 cm³/mol. The average molecular weight is 294 g/mol. The number of hydrogen-bond donors (Lipinski definition) is 2. The Morgan fingerprint density at radius 2 is 2.10 bits per heavy atom. The van der Waals surface area contributed by atoms with Crippen molar-refractivity contribution in [2.45, 2.75) is 20.3 Å². The van der Waals surface area contributed by atoms with Crippen LogP contribution in [0.1, 0.15) is 20.3 Å². The maximum Gasteiger partial charge on any atom is 0.315 e. The highest BCUT2D eigenvalue weighted by atomic mass is 16.6. The maximum atomic E-state index is 11.6. The fourth-order valence-electron chi connectivity index (χ4n) is 1.99. The number of likely N-dealkylation sites (N-methyl/N-ethyl adjacent to an activating group) is 2. The molecule has 0 aromatic heterocycles. The summed E-state index contributed by atoms with van der Waals surface area (Å²) in [5.41, 5.74) is 0.896. The number of nitro benzene ring substituents is 1. The molecule has 1 rings (SSSR count). The van der Waals surface area contributed by atoms with E-state index >= 15 is 0 Å². The lowest BCUT2D eigenvalue weighted by molar-refractivity contribution is -0.383. The summed E-state index contributed by atoms with van der Waals surface area (Å²) >= 11 is 0. The summed E-state index contributed by atoms with van der Waals surface area (Å²) in [6, 6.07) is 5.07. The molecule has 0 bridgehead atoms. The topological polar surface area (TPSA) is 87.5 Å². The van der Waals surface area contributed by atoms with E-state index in [1.54, 1.807) is 30.1 Å². The zero-order chi connectivity index (χ0) is 15.8.